The number of aromatic amines is 1. The molecule has 0 atom stereocenters. The number of benzene rings is 1. The molecule has 106 valence electrons. The van der Waals surface area contributed by atoms with Gasteiger partial charge in [-0.3, -0.25) is 5.10 Å². The molecule has 0 amide bonds. The first-order valence-electron chi connectivity index (χ1n) is 5.09. The molecule has 1 aromatic heterocycles. The van der Waals surface area contributed by atoms with Crippen LogP contribution >= 0.6 is 11.6 Å². The summed E-state index contributed by atoms with van der Waals surface area (Å²) < 4.78 is 37.6. The van der Waals surface area contributed by atoms with E-state index in [4.69, 9.17) is 16.7 Å². The van der Waals surface area contributed by atoms with Gasteiger partial charge in [0.15, 0.2) is 0 Å². The van der Waals surface area contributed by atoms with Crippen LogP contribution in [0.5, 0.6) is 5.75 Å². The highest BCUT2D eigenvalue weighted by Crippen LogP contribution is 2.40. The molecule has 5 nitrogen and oxygen atoms in total. The highest BCUT2D eigenvalue weighted by Gasteiger charge is 2.32. The standard InChI is InChI=1S/C11H6ClF3N2O3/c12-5-1-4(11(13,14)15)2-8(18)9(5)6-3-7(10(19)20)17-16-6/h1-3,18H,(H,16,17)(H,19,20). The lowest BCUT2D eigenvalue weighted by atomic mass is 10.1. The average molecular weight is 307 g/mol. The van der Waals surface area contributed by atoms with Crippen LogP contribution in [0, 0.1) is 0 Å². The fourth-order valence-electron chi connectivity index (χ4n) is 1.57. The molecule has 0 fully saturated rings. The molecular formula is C11H6ClF3N2O3. The van der Waals surface area contributed by atoms with E-state index in [2.05, 4.69) is 10.2 Å². The van der Waals surface area contributed by atoms with Gasteiger partial charge in [0.1, 0.15) is 11.4 Å². The lowest BCUT2D eigenvalue weighted by molar-refractivity contribution is -0.137. The molecule has 0 aliphatic rings. The maximum absolute atomic E-state index is 12.5. The smallest absolute Gasteiger partial charge is 0.416 e. The number of hydrogen-bond acceptors (Lipinski definition) is 3. The van der Waals surface area contributed by atoms with E-state index < -0.39 is 23.5 Å². The third-order valence-corrected chi connectivity index (χ3v) is 2.76. The minimum absolute atomic E-state index is 0.0707. The van der Waals surface area contributed by atoms with Crippen molar-refractivity contribution in [3.05, 3.63) is 34.5 Å². The van der Waals surface area contributed by atoms with E-state index in [1.165, 1.54) is 0 Å². The van der Waals surface area contributed by atoms with Crippen LogP contribution in [0.3, 0.4) is 0 Å². The summed E-state index contributed by atoms with van der Waals surface area (Å²) in [6.45, 7) is 0. The highest BCUT2D eigenvalue weighted by molar-refractivity contribution is 6.33. The number of rotatable bonds is 2. The summed E-state index contributed by atoms with van der Waals surface area (Å²) in [4.78, 5) is 10.7. The van der Waals surface area contributed by atoms with Crippen LogP contribution in [0.15, 0.2) is 18.2 Å². The number of aromatic hydroxyl groups is 1. The van der Waals surface area contributed by atoms with E-state index in [1.54, 1.807) is 0 Å². The Morgan fingerprint density at radius 1 is 1.30 bits per heavy atom. The van der Waals surface area contributed by atoms with Crippen LogP contribution in [0.2, 0.25) is 5.02 Å². The fourth-order valence-corrected chi connectivity index (χ4v) is 1.88. The first-order valence-corrected chi connectivity index (χ1v) is 5.46. The Morgan fingerprint density at radius 2 is 1.95 bits per heavy atom. The monoisotopic (exact) mass is 306 g/mol. The second kappa shape index (κ2) is 4.71. The van der Waals surface area contributed by atoms with Gasteiger partial charge in [0.25, 0.3) is 0 Å². The predicted molar refractivity (Wildman–Crippen MR) is 62.7 cm³/mol. The molecule has 2 aromatic rings. The minimum Gasteiger partial charge on any atom is -0.507 e. The molecule has 1 aromatic carbocycles. The maximum atomic E-state index is 12.5. The van der Waals surface area contributed by atoms with Crippen LogP contribution in [0.1, 0.15) is 16.1 Å². The molecule has 3 N–H and O–H groups in total. The number of aromatic carboxylic acids is 1. The molecular weight excluding hydrogens is 301 g/mol. The van der Waals surface area contributed by atoms with E-state index >= 15 is 0 Å². The Labute approximate surface area is 114 Å². The number of phenols is 1. The Morgan fingerprint density at radius 3 is 2.40 bits per heavy atom. The summed E-state index contributed by atoms with van der Waals surface area (Å²) in [7, 11) is 0. The number of carbonyl (C=O) groups is 1. The number of carboxylic acid groups (broad SMARTS) is 1. The first-order chi connectivity index (χ1) is 9.20. The lowest BCUT2D eigenvalue weighted by Gasteiger charge is -2.10. The van der Waals surface area contributed by atoms with Gasteiger partial charge >= 0.3 is 12.1 Å². The molecule has 0 spiro atoms. The Balaban J connectivity index is 2.55. The van der Waals surface area contributed by atoms with Gasteiger partial charge in [0, 0.05) is 0 Å². The van der Waals surface area contributed by atoms with Crippen LogP contribution < -0.4 is 0 Å². The minimum atomic E-state index is -4.66. The number of alkyl halides is 3. The molecule has 20 heavy (non-hydrogen) atoms. The molecule has 0 aliphatic heterocycles. The molecule has 0 aliphatic carbocycles. The van der Waals surface area contributed by atoms with E-state index in [0.29, 0.717) is 12.1 Å². The largest absolute Gasteiger partial charge is 0.507 e. The number of H-pyrrole nitrogens is 1. The van der Waals surface area contributed by atoms with Gasteiger partial charge in [-0.2, -0.15) is 18.3 Å². The zero-order valence-corrected chi connectivity index (χ0v) is 10.2. The van der Waals surface area contributed by atoms with Gasteiger partial charge in [-0.25, -0.2) is 4.79 Å². The van der Waals surface area contributed by atoms with Gasteiger partial charge < -0.3 is 10.2 Å². The first kappa shape index (κ1) is 14.2. The predicted octanol–water partition coefficient (Wildman–Crippen LogP) is 3.15. The second-order valence-electron chi connectivity index (χ2n) is 3.82. The van der Waals surface area contributed by atoms with Crippen LogP contribution in [-0.4, -0.2) is 26.4 Å². The molecule has 0 saturated heterocycles. The van der Waals surface area contributed by atoms with Crippen molar-refractivity contribution in [2.45, 2.75) is 6.18 Å². The number of phenolic OH excluding ortho intramolecular Hbond substituents is 1. The quantitative estimate of drug-likeness (QED) is 0.795. The maximum Gasteiger partial charge on any atom is 0.416 e. The summed E-state index contributed by atoms with van der Waals surface area (Å²) in [6, 6.07) is 2.18. The number of nitrogens with zero attached hydrogens (tertiary/aromatic N) is 1. The van der Waals surface area contributed by atoms with Crippen LogP contribution in [0.25, 0.3) is 11.3 Å². The van der Waals surface area contributed by atoms with Gasteiger partial charge in [-0.15, -0.1) is 0 Å². The lowest BCUT2D eigenvalue weighted by Crippen LogP contribution is -2.04. The number of halogens is 4. The fraction of sp³-hybridized carbons (Fsp3) is 0.0909. The van der Waals surface area contributed by atoms with Crippen molar-refractivity contribution < 1.29 is 28.2 Å². The molecule has 2 rings (SSSR count). The summed E-state index contributed by atoms with van der Waals surface area (Å²) in [5, 5.41) is 23.7. The van der Waals surface area contributed by atoms with Crippen LogP contribution in [-0.2, 0) is 6.18 Å². The molecule has 0 radical (unpaired) electrons. The van der Waals surface area contributed by atoms with Gasteiger partial charge in [0.05, 0.1) is 21.8 Å². The van der Waals surface area contributed by atoms with Crippen molar-refractivity contribution in [2.75, 3.05) is 0 Å². The summed E-state index contributed by atoms with van der Waals surface area (Å²) >= 11 is 5.70. The average Bonchev–Trinajstić information content (AvgIpc) is 2.76. The second-order valence-corrected chi connectivity index (χ2v) is 4.23. The van der Waals surface area contributed by atoms with E-state index in [0.717, 1.165) is 6.07 Å². The topological polar surface area (TPSA) is 86.2 Å². The van der Waals surface area contributed by atoms with Crippen LogP contribution in [0.4, 0.5) is 13.2 Å². The number of hydrogen-bond donors (Lipinski definition) is 3. The molecule has 0 bridgehead atoms. The van der Waals surface area contributed by atoms with Crippen molar-refractivity contribution >= 4 is 17.6 Å². The van der Waals surface area contributed by atoms with Crippen molar-refractivity contribution in [3.63, 3.8) is 0 Å². The third kappa shape index (κ3) is 2.55. The Kier molecular flexibility index (Phi) is 3.34. The Hall–Kier alpha value is -2.22. The number of carboxylic acids is 1. The van der Waals surface area contributed by atoms with Gasteiger partial charge in [-0.1, -0.05) is 11.6 Å². The zero-order valence-electron chi connectivity index (χ0n) is 9.49. The van der Waals surface area contributed by atoms with Crippen molar-refractivity contribution in [1.29, 1.82) is 0 Å². The molecule has 1 heterocycles. The summed E-state index contributed by atoms with van der Waals surface area (Å²) in [6.07, 6.45) is -4.66. The molecule has 9 heteroatoms. The normalized spacial score (nSPS) is 11.6. The van der Waals surface area contributed by atoms with E-state index in [9.17, 15) is 23.1 Å². The molecule has 0 unspecified atom stereocenters. The highest BCUT2D eigenvalue weighted by atomic mass is 35.5. The van der Waals surface area contributed by atoms with Gasteiger partial charge in [-0.05, 0) is 18.2 Å². The van der Waals surface area contributed by atoms with Gasteiger partial charge in [0.2, 0.25) is 0 Å². The number of nitrogens with one attached hydrogen (secondary N) is 1. The SMILES string of the molecule is O=C(O)c1cc(-c2c(O)cc(C(F)(F)F)cc2Cl)n[nH]1. The third-order valence-electron chi connectivity index (χ3n) is 2.46. The number of aromatic nitrogens is 2. The molecule has 0 saturated carbocycles. The van der Waals surface area contributed by atoms with E-state index in [-0.39, 0.29) is 22.0 Å². The van der Waals surface area contributed by atoms with Crippen molar-refractivity contribution in [2.24, 2.45) is 0 Å². The Bertz CT molecular complexity index is 659. The zero-order chi connectivity index (χ0) is 15.1. The van der Waals surface area contributed by atoms with Crippen molar-refractivity contribution in [1.82, 2.24) is 10.2 Å². The summed E-state index contributed by atoms with van der Waals surface area (Å²) in [5.74, 6) is -2.04. The summed E-state index contributed by atoms with van der Waals surface area (Å²) in [5.41, 5.74) is -1.64. The van der Waals surface area contributed by atoms with Crippen molar-refractivity contribution in [3.8, 4) is 17.0 Å². The van der Waals surface area contributed by atoms with E-state index in [1.807, 2.05) is 0 Å².